The highest BCUT2D eigenvalue weighted by molar-refractivity contribution is 5.70. The minimum atomic E-state index is -1.60. The summed E-state index contributed by atoms with van der Waals surface area (Å²) in [6.45, 7) is 3.21. The van der Waals surface area contributed by atoms with E-state index in [1.807, 2.05) is 0 Å². The van der Waals surface area contributed by atoms with Crippen LogP contribution in [0.25, 0.3) is 0 Å². The van der Waals surface area contributed by atoms with E-state index >= 15 is 0 Å². The number of ether oxygens (including phenoxy) is 4. The molecule has 0 aromatic heterocycles. The van der Waals surface area contributed by atoms with Crippen LogP contribution in [0.4, 0.5) is 0 Å². The first-order valence-corrected chi connectivity index (χ1v) is 21.9. The Morgan fingerprint density at radius 1 is 0.571 bits per heavy atom. The largest absolute Gasteiger partial charge is 0.462 e. The summed E-state index contributed by atoms with van der Waals surface area (Å²) in [7, 11) is 0. The van der Waals surface area contributed by atoms with Gasteiger partial charge in [-0.2, -0.15) is 0 Å². The van der Waals surface area contributed by atoms with Crippen molar-refractivity contribution in [2.24, 2.45) is 0 Å². The van der Waals surface area contributed by atoms with Gasteiger partial charge in [0.2, 0.25) is 0 Å². The fraction of sp³-hybridized carbons (Fsp3) is 0.739. The molecule has 10 nitrogen and oxygen atoms in total. The monoisotopic (exact) mass is 791 g/mol. The SMILES string of the molecule is CC/C=C\C/C=C\C/C=C\C/C=C\CCCCCCCCCCC(=O)OC(COC(=O)CCCCCCC/C=C\CCC)COC1OC(CO)C(O)C(O)C1O. The molecule has 6 atom stereocenters. The zero-order valence-electron chi connectivity index (χ0n) is 34.9. The maximum absolute atomic E-state index is 12.8. The summed E-state index contributed by atoms with van der Waals surface area (Å²) in [4.78, 5) is 25.2. The highest BCUT2D eigenvalue weighted by Crippen LogP contribution is 2.22. The van der Waals surface area contributed by atoms with Crippen molar-refractivity contribution in [3.05, 3.63) is 60.8 Å². The molecule has 0 aromatic carbocycles. The number of rotatable bonds is 35. The number of carbonyl (C=O) groups excluding carboxylic acids is 2. The van der Waals surface area contributed by atoms with Crippen LogP contribution in [0.15, 0.2) is 60.8 Å². The van der Waals surface area contributed by atoms with Crippen LogP contribution >= 0.6 is 0 Å². The standard InChI is InChI=1S/C46H78O10/c1-3-5-7-9-11-13-15-16-17-18-19-20-21-22-23-24-25-27-29-31-33-35-42(49)55-39(38-54-46-45(52)44(51)43(50)40(36-47)56-46)37-53-41(48)34-32-30-28-26-14-12-10-8-6-4-2/h5,7-8,10-11,13,16-17,19-20,39-40,43-47,50-52H,3-4,6,9,12,14-15,18,21-38H2,1-2H3/b7-5-,10-8-,13-11-,17-16-,20-19-. The predicted octanol–water partition coefficient (Wildman–Crippen LogP) is 9.05. The van der Waals surface area contributed by atoms with Crippen LogP contribution in [0.5, 0.6) is 0 Å². The Kier molecular flexibility index (Phi) is 33.7. The lowest BCUT2D eigenvalue weighted by Gasteiger charge is -2.39. The van der Waals surface area contributed by atoms with Gasteiger partial charge in [-0.05, 0) is 70.6 Å². The molecule has 10 heteroatoms. The number of allylic oxidation sites excluding steroid dienone is 10. The molecular weight excluding hydrogens is 712 g/mol. The molecule has 1 aliphatic rings. The van der Waals surface area contributed by atoms with Gasteiger partial charge in [0.05, 0.1) is 13.2 Å². The number of unbranched alkanes of at least 4 members (excludes halogenated alkanes) is 14. The molecule has 0 aliphatic carbocycles. The van der Waals surface area contributed by atoms with E-state index in [1.165, 1.54) is 25.7 Å². The van der Waals surface area contributed by atoms with E-state index < -0.39 is 55.4 Å². The van der Waals surface area contributed by atoms with E-state index in [9.17, 15) is 30.0 Å². The van der Waals surface area contributed by atoms with Gasteiger partial charge in [0, 0.05) is 12.8 Å². The van der Waals surface area contributed by atoms with Gasteiger partial charge >= 0.3 is 11.9 Å². The first-order valence-electron chi connectivity index (χ1n) is 21.9. The molecule has 1 saturated heterocycles. The molecule has 0 aromatic rings. The summed E-state index contributed by atoms with van der Waals surface area (Å²) in [6.07, 6.45) is 36.6. The fourth-order valence-electron chi connectivity index (χ4n) is 6.18. The van der Waals surface area contributed by atoms with E-state index in [0.717, 1.165) is 96.3 Å². The Hall–Kier alpha value is -2.60. The van der Waals surface area contributed by atoms with Gasteiger partial charge in [0.25, 0.3) is 0 Å². The summed E-state index contributed by atoms with van der Waals surface area (Å²) >= 11 is 0. The predicted molar refractivity (Wildman–Crippen MR) is 224 cm³/mol. The normalized spacial score (nSPS) is 21.0. The third kappa shape index (κ3) is 27.9. The summed E-state index contributed by atoms with van der Waals surface area (Å²) in [6, 6.07) is 0. The van der Waals surface area contributed by atoms with Crippen LogP contribution in [0.3, 0.4) is 0 Å². The Labute approximate surface area is 339 Å². The number of hydrogen-bond donors (Lipinski definition) is 4. The van der Waals surface area contributed by atoms with Crippen molar-refractivity contribution in [1.29, 1.82) is 0 Å². The third-order valence-electron chi connectivity index (χ3n) is 9.62. The smallest absolute Gasteiger partial charge is 0.306 e. The molecule has 1 aliphatic heterocycles. The molecule has 1 rings (SSSR count). The number of carbonyl (C=O) groups is 2. The minimum absolute atomic E-state index is 0.216. The highest BCUT2D eigenvalue weighted by atomic mass is 16.7. The second-order valence-corrected chi connectivity index (χ2v) is 14.8. The molecule has 6 unspecified atom stereocenters. The Balaban J connectivity index is 2.31. The van der Waals surface area contributed by atoms with Gasteiger partial charge in [-0.3, -0.25) is 9.59 Å². The molecule has 1 fully saturated rings. The third-order valence-corrected chi connectivity index (χ3v) is 9.62. The summed E-state index contributed by atoms with van der Waals surface area (Å²) < 4.78 is 22.1. The zero-order chi connectivity index (χ0) is 40.9. The molecule has 322 valence electrons. The summed E-state index contributed by atoms with van der Waals surface area (Å²) in [5.74, 6) is -0.833. The van der Waals surface area contributed by atoms with E-state index in [1.54, 1.807) is 0 Å². The number of hydrogen-bond acceptors (Lipinski definition) is 10. The first kappa shape index (κ1) is 51.4. The fourth-order valence-corrected chi connectivity index (χ4v) is 6.18. The molecular formula is C46H78O10. The second-order valence-electron chi connectivity index (χ2n) is 14.8. The average molecular weight is 791 g/mol. The van der Waals surface area contributed by atoms with Gasteiger partial charge in [-0.1, -0.05) is 139 Å². The molecule has 0 amide bonds. The van der Waals surface area contributed by atoms with Gasteiger partial charge < -0.3 is 39.4 Å². The topological polar surface area (TPSA) is 152 Å². The van der Waals surface area contributed by atoms with Crippen LogP contribution in [-0.2, 0) is 28.5 Å². The van der Waals surface area contributed by atoms with Crippen LogP contribution in [-0.4, -0.2) is 89.0 Å². The van der Waals surface area contributed by atoms with Gasteiger partial charge in [0.1, 0.15) is 31.0 Å². The van der Waals surface area contributed by atoms with Crippen molar-refractivity contribution in [2.75, 3.05) is 19.8 Å². The van der Waals surface area contributed by atoms with Crippen LogP contribution < -0.4 is 0 Å². The Bertz CT molecular complexity index is 1100. The minimum Gasteiger partial charge on any atom is -0.462 e. The lowest BCUT2D eigenvalue weighted by Crippen LogP contribution is -2.59. The highest BCUT2D eigenvalue weighted by Gasteiger charge is 2.44. The van der Waals surface area contributed by atoms with E-state index in [2.05, 4.69) is 74.6 Å². The van der Waals surface area contributed by atoms with Crippen molar-refractivity contribution < 1.29 is 49.0 Å². The summed E-state index contributed by atoms with van der Waals surface area (Å²) in [5.41, 5.74) is 0. The second kappa shape index (κ2) is 36.7. The number of aliphatic hydroxyl groups excluding tert-OH is 4. The Morgan fingerprint density at radius 3 is 1.61 bits per heavy atom. The van der Waals surface area contributed by atoms with E-state index in [0.29, 0.717) is 12.8 Å². The quantitative estimate of drug-likeness (QED) is 0.0278. The molecule has 0 spiro atoms. The molecule has 4 N–H and O–H groups in total. The molecule has 0 bridgehead atoms. The Morgan fingerprint density at radius 2 is 1.05 bits per heavy atom. The van der Waals surface area contributed by atoms with Crippen molar-refractivity contribution in [2.45, 2.75) is 198 Å². The average Bonchev–Trinajstić information content (AvgIpc) is 3.19. The van der Waals surface area contributed by atoms with Crippen LogP contribution in [0.1, 0.15) is 162 Å². The number of aliphatic hydroxyl groups is 4. The molecule has 1 heterocycles. The lowest BCUT2D eigenvalue weighted by molar-refractivity contribution is -0.305. The van der Waals surface area contributed by atoms with E-state index in [-0.39, 0.29) is 26.1 Å². The van der Waals surface area contributed by atoms with Gasteiger partial charge in [-0.25, -0.2) is 0 Å². The summed E-state index contributed by atoms with van der Waals surface area (Å²) in [5, 5.41) is 40.0. The maximum Gasteiger partial charge on any atom is 0.306 e. The van der Waals surface area contributed by atoms with Crippen molar-refractivity contribution >= 4 is 11.9 Å². The lowest BCUT2D eigenvalue weighted by atomic mass is 9.99. The molecule has 56 heavy (non-hydrogen) atoms. The van der Waals surface area contributed by atoms with Crippen LogP contribution in [0, 0.1) is 0 Å². The zero-order valence-corrected chi connectivity index (χ0v) is 34.9. The van der Waals surface area contributed by atoms with Gasteiger partial charge in [0.15, 0.2) is 12.4 Å². The van der Waals surface area contributed by atoms with Crippen molar-refractivity contribution in [3.63, 3.8) is 0 Å². The van der Waals surface area contributed by atoms with Gasteiger partial charge in [-0.15, -0.1) is 0 Å². The molecule has 0 radical (unpaired) electrons. The van der Waals surface area contributed by atoms with E-state index in [4.69, 9.17) is 18.9 Å². The first-order chi connectivity index (χ1) is 27.3. The van der Waals surface area contributed by atoms with Crippen molar-refractivity contribution in [3.8, 4) is 0 Å². The maximum atomic E-state index is 12.8. The molecule has 0 saturated carbocycles. The van der Waals surface area contributed by atoms with Crippen LogP contribution in [0.2, 0.25) is 0 Å². The number of esters is 2. The van der Waals surface area contributed by atoms with Crippen molar-refractivity contribution in [1.82, 2.24) is 0 Å².